The molecule has 0 spiro atoms. The summed E-state index contributed by atoms with van der Waals surface area (Å²) in [5.41, 5.74) is -0.559. The van der Waals surface area contributed by atoms with E-state index in [0.29, 0.717) is 23.4 Å². The first-order valence-corrected chi connectivity index (χ1v) is 8.49. The van der Waals surface area contributed by atoms with Gasteiger partial charge in [0.1, 0.15) is 5.69 Å². The van der Waals surface area contributed by atoms with E-state index in [9.17, 15) is 14.4 Å². The van der Waals surface area contributed by atoms with E-state index in [2.05, 4.69) is 10.3 Å². The monoisotopic (exact) mass is 317 g/mol. The molecule has 4 saturated carbocycles. The Balaban J connectivity index is 1.66. The van der Waals surface area contributed by atoms with E-state index in [1.807, 2.05) is 0 Å². The average Bonchev–Trinajstić information content (AvgIpc) is 2.48. The van der Waals surface area contributed by atoms with Crippen LogP contribution in [0.5, 0.6) is 0 Å². The fraction of sp³-hybridized carbons (Fsp3) is 0.706. The Bertz CT molecular complexity index is 754. The third-order valence-electron chi connectivity index (χ3n) is 6.25. The highest BCUT2D eigenvalue weighted by Gasteiger charge is 2.54. The number of carbonyl (C=O) groups is 1. The summed E-state index contributed by atoms with van der Waals surface area (Å²) in [6.07, 6.45) is 6.67. The molecular weight excluding hydrogens is 294 g/mol. The normalized spacial score (nSPS) is 34.6. The molecule has 124 valence electrons. The number of carbonyl (C=O) groups excluding carboxylic acids is 1. The molecule has 1 aromatic heterocycles. The maximum atomic E-state index is 13.0. The highest BCUT2D eigenvalue weighted by atomic mass is 16.2. The number of nitrogens with one attached hydrogen (secondary N) is 2. The highest BCUT2D eigenvalue weighted by Crippen LogP contribution is 2.60. The maximum Gasteiger partial charge on any atom is 0.328 e. The Morgan fingerprint density at radius 1 is 1.13 bits per heavy atom. The van der Waals surface area contributed by atoms with Crippen molar-refractivity contribution in [3.8, 4) is 0 Å². The molecule has 2 N–H and O–H groups in total. The zero-order valence-corrected chi connectivity index (χ0v) is 13.6. The zero-order chi connectivity index (χ0) is 16.4. The van der Waals surface area contributed by atoms with Crippen molar-refractivity contribution in [2.75, 3.05) is 5.32 Å². The second kappa shape index (κ2) is 4.82. The maximum absolute atomic E-state index is 13.0. The van der Waals surface area contributed by atoms with Crippen LogP contribution in [0.2, 0.25) is 0 Å². The van der Waals surface area contributed by atoms with Gasteiger partial charge in [0.2, 0.25) is 5.91 Å². The van der Waals surface area contributed by atoms with Gasteiger partial charge in [-0.05, 0) is 63.2 Å². The van der Waals surface area contributed by atoms with E-state index in [0.717, 1.165) is 23.8 Å². The van der Waals surface area contributed by atoms with Gasteiger partial charge in [-0.1, -0.05) is 0 Å². The molecule has 1 amide bonds. The first kappa shape index (κ1) is 14.7. The van der Waals surface area contributed by atoms with Gasteiger partial charge in [0.05, 0.1) is 5.41 Å². The van der Waals surface area contributed by atoms with Crippen LogP contribution in [0.1, 0.15) is 44.2 Å². The van der Waals surface area contributed by atoms with Crippen LogP contribution in [0.4, 0.5) is 5.69 Å². The molecule has 6 nitrogen and oxygen atoms in total. The summed E-state index contributed by atoms with van der Waals surface area (Å²) in [4.78, 5) is 39.6. The topological polar surface area (TPSA) is 84.0 Å². The van der Waals surface area contributed by atoms with Crippen LogP contribution in [0, 0.1) is 30.1 Å². The van der Waals surface area contributed by atoms with Gasteiger partial charge >= 0.3 is 5.69 Å². The molecular formula is C17H23N3O3. The number of H-pyrrole nitrogens is 1. The number of aromatic amines is 1. The highest BCUT2D eigenvalue weighted by molar-refractivity contribution is 5.95. The number of rotatable bonds is 2. The lowest BCUT2D eigenvalue weighted by atomic mass is 9.49. The van der Waals surface area contributed by atoms with Crippen LogP contribution in [0.25, 0.3) is 0 Å². The Labute approximate surface area is 134 Å². The average molecular weight is 317 g/mol. The van der Waals surface area contributed by atoms with Crippen molar-refractivity contribution in [3.05, 3.63) is 26.5 Å². The molecule has 4 fully saturated rings. The molecule has 23 heavy (non-hydrogen) atoms. The molecule has 4 aliphatic rings. The molecule has 4 aliphatic carbocycles. The van der Waals surface area contributed by atoms with Gasteiger partial charge in [-0.15, -0.1) is 0 Å². The van der Waals surface area contributed by atoms with Crippen molar-refractivity contribution in [3.63, 3.8) is 0 Å². The van der Waals surface area contributed by atoms with Crippen LogP contribution in [-0.2, 0) is 11.8 Å². The number of hydrogen-bond donors (Lipinski definition) is 2. The molecule has 0 unspecified atom stereocenters. The van der Waals surface area contributed by atoms with Crippen molar-refractivity contribution in [1.82, 2.24) is 9.55 Å². The van der Waals surface area contributed by atoms with E-state index < -0.39 is 11.2 Å². The van der Waals surface area contributed by atoms with Crippen molar-refractivity contribution in [2.45, 2.75) is 45.4 Å². The van der Waals surface area contributed by atoms with E-state index in [1.165, 1.54) is 26.3 Å². The largest absolute Gasteiger partial charge is 0.328 e. The standard InChI is InChI=1S/C17H23N3O3/c1-9-13(14(21)20(2)16(23)18-9)19-15(22)17-6-10-3-11(7-17)5-12(4-10)8-17/h10-12H,3-8H2,1-2H3,(H,18,23)(H,19,22). The van der Waals surface area contributed by atoms with E-state index in [1.54, 1.807) is 6.92 Å². The molecule has 5 rings (SSSR count). The lowest BCUT2D eigenvalue weighted by Crippen LogP contribution is -2.52. The van der Waals surface area contributed by atoms with Gasteiger partial charge in [0.25, 0.3) is 5.56 Å². The number of nitrogens with zero attached hydrogens (tertiary/aromatic N) is 1. The predicted octanol–water partition coefficient (Wildman–Crippen LogP) is 1.54. The Morgan fingerprint density at radius 2 is 1.65 bits per heavy atom. The zero-order valence-electron chi connectivity index (χ0n) is 13.6. The van der Waals surface area contributed by atoms with Crippen molar-refractivity contribution >= 4 is 11.6 Å². The van der Waals surface area contributed by atoms with Crippen LogP contribution in [0.3, 0.4) is 0 Å². The van der Waals surface area contributed by atoms with Crippen LogP contribution in [0.15, 0.2) is 9.59 Å². The minimum absolute atomic E-state index is 0.0242. The first-order chi connectivity index (χ1) is 10.9. The molecule has 0 radical (unpaired) electrons. The second-order valence-electron chi connectivity index (χ2n) is 7.95. The minimum Gasteiger partial charge on any atom is -0.320 e. The van der Waals surface area contributed by atoms with Gasteiger partial charge in [-0.3, -0.25) is 14.2 Å². The summed E-state index contributed by atoms with van der Waals surface area (Å²) in [6.45, 7) is 1.65. The van der Waals surface area contributed by atoms with Crippen LogP contribution < -0.4 is 16.6 Å². The number of aryl methyl sites for hydroxylation is 1. The summed E-state index contributed by atoms with van der Waals surface area (Å²) in [5, 5.41) is 2.86. The number of amides is 1. The molecule has 0 aliphatic heterocycles. The van der Waals surface area contributed by atoms with Gasteiger partial charge in [-0.25, -0.2) is 4.79 Å². The molecule has 6 heteroatoms. The van der Waals surface area contributed by atoms with Gasteiger partial charge in [0, 0.05) is 12.7 Å². The van der Waals surface area contributed by atoms with E-state index in [4.69, 9.17) is 0 Å². The number of anilines is 1. The third-order valence-corrected chi connectivity index (χ3v) is 6.25. The van der Waals surface area contributed by atoms with Crippen molar-refractivity contribution in [1.29, 1.82) is 0 Å². The Hall–Kier alpha value is -1.85. The summed E-state index contributed by atoms with van der Waals surface area (Å²) in [5.74, 6) is 1.99. The Kier molecular flexibility index (Phi) is 3.09. The molecule has 1 heterocycles. The summed E-state index contributed by atoms with van der Waals surface area (Å²) in [6, 6.07) is 0. The number of hydrogen-bond acceptors (Lipinski definition) is 3. The second-order valence-corrected chi connectivity index (χ2v) is 7.95. The molecule has 4 bridgehead atoms. The molecule has 0 saturated heterocycles. The Morgan fingerprint density at radius 3 is 2.17 bits per heavy atom. The van der Waals surface area contributed by atoms with Gasteiger partial charge in [-0.2, -0.15) is 0 Å². The smallest absolute Gasteiger partial charge is 0.320 e. The van der Waals surface area contributed by atoms with E-state index >= 15 is 0 Å². The number of aromatic nitrogens is 2. The summed E-state index contributed by atoms with van der Waals surface area (Å²) >= 11 is 0. The van der Waals surface area contributed by atoms with E-state index in [-0.39, 0.29) is 17.0 Å². The molecule has 1 aromatic rings. The third kappa shape index (κ3) is 2.18. The van der Waals surface area contributed by atoms with Gasteiger partial charge < -0.3 is 10.3 Å². The molecule has 0 atom stereocenters. The van der Waals surface area contributed by atoms with Crippen LogP contribution in [-0.4, -0.2) is 15.5 Å². The van der Waals surface area contributed by atoms with Gasteiger partial charge in [0.15, 0.2) is 0 Å². The fourth-order valence-electron chi connectivity index (χ4n) is 5.51. The lowest BCUT2D eigenvalue weighted by Gasteiger charge is -2.55. The van der Waals surface area contributed by atoms with Crippen molar-refractivity contribution < 1.29 is 4.79 Å². The summed E-state index contributed by atoms with van der Waals surface area (Å²) in [7, 11) is 1.42. The molecule has 0 aromatic carbocycles. The fourth-order valence-corrected chi connectivity index (χ4v) is 5.51. The SMILES string of the molecule is Cc1[nH]c(=O)n(C)c(=O)c1NC(=O)C12CC3CC(CC(C3)C1)C2. The quantitative estimate of drug-likeness (QED) is 0.868. The minimum atomic E-state index is -0.458. The summed E-state index contributed by atoms with van der Waals surface area (Å²) < 4.78 is 1.00. The predicted molar refractivity (Wildman–Crippen MR) is 86.3 cm³/mol. The lowest BCUT2D eigenvalue weighted by molar-refractivity contribution is -0.140. The van der Waals surface area contributed by atoms with Crippen LogP contribution >= 0.6 is 0 Å². The first-order valence-electron chi connectivity index (χ1n) is 8.49. The van der Waals surface area contributed by atoms with Crippen molar-refractivity contribution in [2.24, 2.45) is 30.2 Å².